The van der Waals surface area contributed by atoms with E-state index in [2.05, 4.69) is 17.1 Å². The van der Waals surface area contributed by atoms with Crippen LogP contribution in [0.3, 0.4) is 0 Å². The van der Waals surface area contributed by atoms with Crippen molar-refractivity contribution in [3.63, 3.8) is 0 Å². The number of rotatable bonds is 0. The summed E-state index contributed by atoms with van der Waals surface area (Å²) in [6.45, 7) is 3.62. The lowest BCUT2D eigenvalue weighted by Gasteiger charge is -2.32. The predicted molar refractivity (Wildman–Crippen MR) is 42.5 cm³/mol. The molecule has 0 aliphatic carbocycles. The van der Waals surface area contributed by atoms with Gasteiger partial charge >= 0.3 is 0 Å². The maximum absolute atomic E-state index is 8.36. The van der Waals surface area contributed by atoms with Crippen LogP contribution in [0.4, 0.5) is 0 Å². The first-order valence-corrected chi connectivity index (χ1v) is 3.65. The van der Waals surface area contributed by atoms with Gasteiger partial charge in [0.25, 0.3) is 0 Å². The smallest absolute Gasteiger partial charge is 0.233 e. The lowest BCUT2D eigenvalue weighted by atomic mass is 10.3. The molecule has 0 radical (unpaired) electrons. The summed E-state index contributed by atoms with van der Waals surface area (Å²) in [5, 5.41) is 11.3. The van der Waals surface area contributed by atoms with E-state index in [4.69, 9.17) is 10.9 Å². The summed E-state index contributed by atoms with van der Waals surface area (Å²) in [5.74, 6) is 0.220. The Morgan fingerprint density at radius 1 is 1.36 bits per heavy atom. The standard InChI is InChI=1S/C6H14N4O/c1-9-2-4-10(5-3-9)6(7)8-11/h11H,2-5H2,1H3,(H2,7,8). The Balaban J connectivity index is 2.39. The molecule has 0 aromatic heterocycles. The van der Waals surface area contributed by atoms with Crippen LogP contribution in [0.5, 0.6) is 0 Å². The third kappa shape index (κ3) is 1.98. The number of hydrogen-bond donors (Lipinski definition) is 2. The Morgan fingerprint density at radius 3 is 2.36 bits per heavy atom. The first-order valence-electron chi connectivity index (χ1n) is 3.65. The van der Waals surface area contributed by atoms with Crippen LogP contribution in [0.25, 0.3) is 0 Å². The highest BCUT2D eigenvalue weighted by Gasteiger charge is 2.14. The van der Waals surface area contributed by atoms with Gasteiger partial charge in [0.2, 0.25) is 5.96 Å². The third-order valence-electron chi connectivity index (χ3n) is 1.93. The minimum absolute atomic E-state index is 0.220. The summed E-state index contributed by atoms with van der Waals surface area (Å²) in [6, 6.07) is 0. The van der Waals surface area contributed by atoms with E-state index in [0.29, 0.717) is 0 Å². The van der Waals surface area contributed by atoms with Crippen LogP contribution in [-0.2, 0) is 0 Å². The van der Waals surface area contributed by atoms with Crippen molar-refractivity contribution in [2.75, 3.05) is 33.2 Å². The summed E-state index contributed by atoms with van der Waals surface area (Å²) < 4.78 is 0. The fourth-order valence-electron chi connectivity index (χ4n) is 1.10. The van der Waals surface area contributed by atoms with Gasteiger partial charge in [-0.2, -0.15) is 0 Å². The molecule has 11 heavy (non-hydrogen) atoms. The molecule has 0 unspecified atom stereocenters. The maximum atomic E-state index is 8.36. The zero-order valence-electron chi connectivity index (χ0n) is 6.69. The van der Waals surface area contributed by atoms with E-state index >= 15 is 0 Å². The van der Waals surface area contributed by atoms with Gasteiger partial charge in [-0.3, -0.25) is 0 Å². The molecular weight excluding hydrogens is 144 g/mol. The molecule has 1 aliphatic rings. The second-order valence-corrected chi connectivity index (χ2v) is 2.75. The summed E-state index contributed by atoms with van der Waals surface area (Å²) >= 11 is 0. The SMILES string of the molecule is CN1CCN(C(N)=NO)CC1. The molecule has 1 heterocycles. The number of piperazine rings is 1. The first-order chi connectivity index (χ1) is 5.24. The Kier molecular flexibility index (Phi) is 2.53. The van der Waals surface area contributed by atoms with Gasteiger partial charge in [-0.05, 0) is 7.05 Å². The van der Waals surface area contributed by atoms with Crippen molar-refractivity contribution in [1.29, 1.82) is 0 Å². The van der Waals surface area contributed by atoms with E-state index in [1.165, 1.54) is 0 Å². The van der Waals surface area contributed by atoms with Crippen molar-refractivity contribution in [2.45, 2.75) is 0 Å². The lowest BCUT2D eigenvalue weighted by molar-refractivity contribution is 0.205. The van der Waals surface area contributed by atoms with E-state index in [-0.39, 0.29) is 5.96 Å². The molecular formula is C6H14N4O. The Hall–Kier alpha value is -0.970. The average Bonchev–Trinajstić information content (AvgIpc) is 2.05. The highest BCUT2D eigenvalue weighted by molar-refractivity contribution is 5.77. The number of hydrogen-bond acceptors (Lipinski definition) is 3. The van der Waals surface area contributed by atoms with Gasteiger partial charge in [-0.15, -0.1) is 0 Å². The lowest BCUT2D eigenvalue weighted by Crippen LogP contribution is -2.49. The monoisotopic (exact) mass is 158 g/mol. The maximum Gasteiger partial charge on any atom is 0.233 e. The Labute approximate surface area is 66.1 Å². The number of likely N-dealkylation sites (N-methyl/N-ethyl adjacent to an activating group) is 1. The van der Waals surface area contributed by atoms with E-state index in [0.717, 1.165) is 26.2 Å². The van der Waals surface area contributed by atoms with Crippen molar-refractivity contribution in [2.24, 2.45) is 10.9 Å². The van der Waals surface area contributed by atoms with Crippen molar-refractivity contribution in [3.8, 4) is 0 Å². The van der Waals surface area contributed by atoms with Crippen molar-refractivity contribution < 1.29 is 5.21 Å². The van der Waals surface area contributed by atoms with E-state index < -0.39 is 0 Å². The molecule has 1 rings (SSSR count). The second kappa shape index (κ2) is 3.43. The van der Waals surface area contributed by atoms with Crippen LogP contribution >= 0.6 is 0 Å². The first kappa shape index (κ1) is 8.13. The number of oxime groups is 1. The van der Waals surface area contributed by atoms with Gasteiger partial charge in [-0.25, -0.2) is 0 Å². The topological polar surface area (TPSA) is 65.1 Å². The summed E-state index contributed by atoms with van der Waals surface area (Å²) in [4.78, 5) is 4.07. The molecule has 3 N–H and O–H groups in total. The molecule has 5 heteroatoms. The molecule has 1 aliphatic heterocycles. The molecule has 1 fully saturated rings. The minimum Gasteiger partial charge on any atom is -0.408 e. The van der Waals surface area contributed by atoms with Crippen LogP contribution in [0.1, 0.15) is 0 Å². The van der Waals surface area contributed by atoms with Gasteiger partial charge < -0.3 is 20.7 Å². The molecule has 1 saturated heterocycles. The van der Waals surface area contributed by atoms with Crippen LogP contribution in [-0.4, -0.2) is 54.2 Å². The van der Waals surface area contributed by atoms with Gasteiger partial charge in [0.15, 0.2) is 0 Å². The van der Waals surface area contributed by atoms with Gasteiger partial charge in [-0.1, -0.05) is 5.16 Å². The third-order valence-corrected chi connectivity index (χ3v) is 1.93. The number of nitrogens with zero attached hydrogens (tertiary/aromatic N) is 3. The van der Waals surface area contributed by atoms with Crippen molar-refractivity contribution in [3.05, 3.63) is 0 Å². The molecule has 0 aromatic rings. The van der Waals surface area contributed by atoms with Gasteiger partial charge in [0.05, 0.1) is 0 Å². The molecule has 0 aromatic carbocycles. The number of guanidine groups is 1. The largest absolute Gasteiger partial charge is 0.408 e. The molecule has 0 amide bonds. The highest BCUT2D eigenvalue weighted by Crippen LogP contribution is 1.97. The summed E-state index contributed by atoms with van der Waals surface area (Å²) in [7, 11) is 2.06. The molecule has 0 bridgehead atoms. The van der Waals surface area contributed by atoms with Crippen LogP contribution < -0.4 is 5.73 Å². The number of nitrogens with two attached hydrogens (primary N) is 1. The second-order valence-electron chi connectivity index (χ2n) is 2.75. The van der Waals surface area contributed by atoms with Crippen molar-refractivity contribution in [1.82, 2.24) is 9.80 Å². The van der Waals surface area contributed by atoms with Crippen LogP contribution in [0.15, 0.2) is 5.16 Å². The van der Waals surface area contributed by atoms with Gasteiger partial charge in [0, 0.05) is 26.2 Å². The van der Waals surface area contributed by atoms with Crippen LogP contribution in [0, 0.1) is 0 Å². The summed E-state index contributed by atoms with van der Waals surface area (Å²) in [6.07, 6.45) is 0. The molecule has 5 nitrogen and oxygen atoms in total. The quantitative estimate of drug-likeness (QED) is 0.204. The predicted octanol–water partition coefficient (Wildman–Crippen LogP) is -1.06. The Bertz CT molecular complexity index is 151. The molecule has 0 saturated carbocycles. The zero-order chi connectivity index (χ0) is 8.27. The zero-order valence-corrected chi connectivity index (χ0v) is 6.69. The van der Waals surface area contributed by atoms with Crippen LogP contribution in [0.2, 0.25) is 0 Å². The average molecular weight is 158 g/mol. The normalized spacial score (nSPS) is 22.3. The van der Waals surface area contributed by atoms with Crippen molar-refractivity contribution >= 4 is 5.96 Å². The molecule has 0 spiro atoms. The fourth-order valence-corrected chi connectivity index (χ4v) is 1.10. The Morgan fingerprint density at radius 2 is 1.91 bits per heavy atom. The fraction of sp³-hybridized carbons (Fsp3) is 0.833. The molecule has 0 atom stereocenters. The molecule has 64 valence electrons. The van der Waals surface area contributed by atoms with E-state index in [1.54, 1.807) is 0 Å². The van der Waals surface area contributed by atoms with Gasteiger partial charge in [0.1, 0.15) is 0 Å². The summed E-state index contributed by atoms with van der Waals surface area (Å²) in [5.41, 5.74) is 5.40. The minimum atomic E-state index is 0.220. The van der Waals surface area contributed by atoms with E-state index in [9.17, 15) is 0 Å². The highest BCUT2D eigenvalue weighted by atomic mass is 16.4. The van der Waals surface area contributed by atoms with E-state index in [1.807, 2.05) is 4.90 Å².